The molecule has 16 heteroatoms. The van der Waals surface area contributed by atoms with Gasteiger partial charge < -0.3 is 27.3 Å². The van der Waals surface area contributed by atoms with E-state index in [9.17, 15) is 10.5 Å². The van der Waals surface area contributed by atoms with Crippen molar-refractivity contribution < 1.29 is 35.6 Å². The number of hydrogen-bond donors (Lipinski definition) is 0. The van der Waals surface area contributed by atoms with Gasteiger partial charge >= 0.3 is 14.8 Å². The van der Waals surface area contributed by atoms with E-state index in [1.807, 2.05) is 65.8 Å². The van der Waals surface area contributed by atoms with Crippen LogP contribution in [-0.2, 0) is 10.8 Å². The summed E-state index contributed by atoms with van der Waals surface area (Å²) in [7, 11) is -6.77. The van der Waals surface area contributed by atoms with E-state index >= 15 is 17.3 Å². The summed E-state index contributed by atoms with van der Waals surface area (Å²) < 4.78 is 92.7. The maximum atomic E-state index is 16.7. The number of fused-ring (bicyclic) bond motifs is 3. The molecule has 0 radical (unpaired) electrons. The molecule has 10 nitrogen and oxygen atoms in total. The van der Waals surface area contributed by atoms with Gasteiger partial charge in [0.05, 0.1) is 35.3 Å². The van der Waals surface area contributed by atoms with Crippen molar-refractivity contribution in [2.24, 2.45) is 0 Å². The molecule has 0 aliphatic carbocycles. The van der Waals surface area contributed by atoms with Gasteiger partial charge in [-0.2, -0.15) is 10.5 Å². The molecule has 0 spiro atoms. The predicted octanol–water partition coefficient (Wildman–Crippen LogP) is 15.1. The van der Waals surface area contributed by atoms with Gasteiger partial charge in [-0.15, -0.1) is 0 Å². The lowest BCUT2D eigenvalue weighted by molar-refractivity contribution is 0.304. The zero-order valence-electron chi connectivity index (χ0n) is 45.0. The van der Waals surface area contributed by atoms with Gasteiger partial charge in [-0.1, -0.05) is 132 Å². The normalized spacial score (nSPS) is 12.8. The molecule has 0 saturated heterocycles. The maximum Gasteiger partial charge on any atom is 0.678 e. The Balaban J connectivity index is 1.46. The van der Waals surface area contributed by atoms with E-state index in [-0.39, 0.29) is 67.1 Å². The second kappa shape index (κ2) is 23.8. The maximum absolute atomic E-state index is 16.7. The number of hydrogen-bond acceptors (Lipinski definition) is 8. The lowest BCUT2D eigenvalue weighted by atomic mass is 9.87. The van der Waals surface area contributed by atoms with E-state index in [0.29, 0.717) is 44.7 Å². The number of aromatic nitrogens is 4. The van der Waals surface area contributed by atoms with Crippen molar-refractivity contribution in [3.63, 3.8) is 0 Å². The van der Waals surface area contributed by atoms with E-state index in [2.05, 4.69) is 26.0 Å². The molecule has 8 rings (SSSR count). The summed E-state index contributed by atoms with van der Waals surface area (Å²) in [6.07, 6.45) is 12.7. The van der Waals surface area contributed by atoms with Gasteiger partial charge in [-0.3, -0.25) is 17.3 Å². The Morgan fingerprint density at radius 2 is 0.882 bits per heavy atom. The summed E-state index contributed by atoms with van der Waals surface area (Å²) >= 11 is 0. The lowest BCUT2D eigenvalue weighted by Gasteiger charge is -2.18. The van der Waals surface area contributed by atoms with Crippen molar-refractivity contribution in [3.8, 4) is 46.2 Å². The van der Waals surface area contributed by atoms with Gasteiger partial charge in [0.25, 0.3) is 0 Å². The minimum atomic E-state index is -3.38. The minimum absolute atomic E-state index is 0.162. The first-order valence-electron chi connectivity index (χ1n) is 26.7. The van der Waals surface area contributed by atoms with E-state index in [4.69, 9.17) is 28.3 Å². The molecule has 0 aliphatic rings. The zero-order chi connectivity index (χ0) is 54.3. The Bertz CT molecular complexity index is 3300. The summed E-state index contributed by atoms with van der Waals surface area (Å²) in [6.45, 7) is 17.4. The summed E-state index contributed by atoms with van der Waals surface area (Å²) in [5, 5.41) is 21.4. The molecule has 0 N–H and O–H groups in total. The van der Waals surface area contributed by atoms with Crippen LogP contribution in [0, 0.1) is 22.7 Å². The molecule has 0 aliphatic heterocycles. The monoisotopic (exact) mass is 1030 g/mol. The lowest BCUT2D eigenvalue weighted by Crippen LogP contribution is -2.33. The van der Waals surface area contributed by atoms with Gasteiger partial charge in [0.2, 0.25) is 11.8 Å². The molecule has 8 aromatic rings. The van der Waals surface area contributed by atoms with Gasteiger partial charge in [-0.05, 0) is 119 Å². The second-order valence-electron chi connectivity index (χ2n) is 21.6. The van der Waals surface area contributed by atoms with Crippen molar-refractivity contribution in [1.82, 2.24) is 18.9 Å². The Morgan fingerprint density at radius 1 is 0.526 bits per heavy atom. The van der Waals surface area contributed by atoms with E-state index in [0.717, 1.165) is 75.3 Å². The zero-order valence-corrected chi connectivity index (χ0v) is 45.0. The van der Waals surface area contributed by atoms with Crippen LogP contribution in [0.5, 0.6) is 11.5 Å². The molecule has 4 aromatic carbocycles. The number of rotatable bonds is 22. The van der Waals surface area contributed by atoms with E-state index in [1.165, 1.54) is 12.8 Å². The van der Waals surface area contributed by atoms with Crippen LogP contribution in [0.4, 0.5) is 17.3 Å². The molecule has 4 aromatic heterocycles. The van der Waals surface area contributed by atoms with E-state index in [1.54, 1.807) is 60.7 Å². The van der Waals surface area contributed by atoms with Crippen LogP contribution in [0.3, 0.4) is 0 Å². The summed E-state index contributed by atoms with van der Waals surface area (Å²) in [5.74, 6) is 0.349. The SMILES string of the molecule is CCCCCCCCOc1ccc(-c2c3/c(=C(\C#N)c4nc5cc(C(C)(C)C)ccc5o4)n(B(F)F)c(-c4ccc(OCCCCCCCC)cc4)c3/c(=C(\C#N)c3nc4cc(C(C)(C)C)ccc4o3)n2B(F)F)cc1. The van der Waals surface area contributed by atoms with Crippen molar-refractivity contribution in [3.05, 3.63) is 119 Å². The predicted molar refractivity (Wildman–Crippen MR) is 296 cm³/mol. The van der Waals surface area contributed by atoms with Crippen LogP contribution in [-0.4, -0.2) is 46.9 Å². The first-order chi connectivity index (χ1) is 36.5. The second-order valence-corrected chi connectivity index (χ2v) is 21.6. The van der Waals surface area contributed by atoms with Crippen LogP contribution < -0.4 is 20.2 Å². The number of unbranched alkanes of at least 4 members (excludes halogenated alkanes) is 10. The van der Waals surface area contributed by atoms with Crippen LogP contribution in [0.25, 0.3) is 66.6 Å². The van der Waals surface area contributed by atoms with Crippen LogP contribution in [0.1, 0.15) is 155 Å². The number of halogens is 4. The Labute approximate surface area is 443 Å². The summed E-state index contributed by atoms with van der Waals surface area (Å²) in [4.78, 5) is 9.44. The molecule has 0 fully saturated rings. The number of oxazole rings is 2. The third kappa shape index (κ3) is 11.8. The molecule has 0 bridgehead atoms. The van der Waals surface area contributed by atoms with Crippen LogP contribution >= 0.6 is 0 Å². The highest BCUT2D eigenvalue weighted by Crippen LogP contribution is 2.39. The molecule has 0 saturated carbocycles. The third-order valence-electron chi connectivity index (χ3n) is 14.0. The molecule has 394 valence electrons. The average Bonchev–Trinajstić information content (AvgIpc) is 4.28. The van der Waals surface area contributed by atoms with E-state index < -0.39 is 36.6 Å². The highest BCUT2D eigenvalue weighted by atomic mass is 19.2. The Morgan fingerprint density at radius 3 is 1.21 bits per heavy atom. The van der Waals surface area contributed by atoms with Crippen molar-refractivity contribution in [2.45, 2.75) is 143 Å². The average molecular weight is 1030 g/mol. The smallest absolute Gasteiger partial charge is 0.494 e. The van der Waals surface area contributed by atoms with Gasteiger partial charge in [0.1, 0.15) is 45.8 Å². The summed E-state index contributed by atoms with van der Waals surface area (Å²) in [6, 6.07) is 27.9. The minimum Gasteiger partial charge on any atom is -0.494 e. The molecule has 76 heavy (non-hydrogen) atoms. The molecule has 0 unspecified atom stereocenters. The highest BCUT2D eigenvalue weighted by Gasteiger charge is 2.37. The van der Waals surface area contributed by atoms with Gasteiger partial charge in [0.15, 0.2) is 11.2 Å². The third-order valence-corrected chi connectivity index (χ3v) is 14.0. The highest BCUT2D eigenvalue weighted by molar-refractivity contribution is 6.45. The molecular weight excluding hydrogens is 966 g/mol. The number of nitriles is 2. The topological polar surface area (TPSA) is 128 Å². The van der Waals surface area contributed by atoms with Crippen LogP contribution in [0.15, 0.2) is 93.8 Å². The summed E-state index contributed by atoms with van der Waals surface area (Å²) in [5.41, 5.74) is 1.44. The molecule has 0 amide bonds. The standard InChI is InChI=1S/C60H66B2F4N6O4/c1-9-11-13-15-17-19-33-73-43-27-21-39(22-28-43)53-51-52(56(71(53)61(63)64)46(38-68)58-70-48-36-42(60(6,7)8)26-32-50(48)76-58)54(40-23-29-44(30-24-40)74-34-20-18-16-14-12-10-2)72(62(65)66)55(51)45(37-67)57-69-47-35-41(59(3,4)5)25-31-49(47)75-57/h21-32,35-36H,9-20,33-34H2,1-8H3/b55-45-,56-46-. The Hall–Kier alpha value is -7.19. The number of ether oxygens (including phenoxy) is 2. The van der Waals surface area contributed by atoms with Crippen molar-refractivity contribution in [2.75, 3.05) is 13.2 Å². The fourth-order valence-electron chi connectivity index (χ4n) is 9.82. The first-order valence-corrected chi connectivity index (χ1v) is 26.7. The fourth-order valence-corrected chi connectivity index (χ4v) is 9.82. The largest absolute Gasteiger partial charge is 0.678 e. The Kier molecular flexibility index (Phi) is 17.2. The first kappa shape index (κ1) is 55.1. The number of nitrogens with zero attached hydrogens (tertiary/aromatic N) is 6. The van der Waals surface area contributed by atoms with Gasteiger partial charge in [0, 0.05) is 10.8 Å². The van der Waals surface area contributed by atoms with Gasteiger partial charge in [-0.25, -0.2) is 9.97 Å². The number of benzene rings is 4. The quantitative estimate of drug-likeness (QED) is 0.0373. The van der Waals surface area contributed by atoms with Crippen molar-refractivity contribution in [1.29, 1.82) is 10.5 Å². The molecular formula is C60H66B2F4N6O4. The molecule has 0 atom stereocenters. The fraction of sp³-hybridized carbons (Fsp3) is 0.400. The van der Waals surface area contributed by atoms with Crippen LogP contribution in [0.2, 0.25) is 0 Å². The van der Waals surface area contributed by atoms with Crippen molar-refractivity contribution >= 4 is 58.9 Å². The molecule has 4 heterocycles.